The van der Waals surface area contributed by atoms with Gasteiger partial charge in [-0.15, -0.1) is 0 Å². The van der Waals surface area contributed by atoms with Gasteiger partial charge in [0.15, 0.2) is 0 Å². The highest BCUT2D eigenvalue weighted by Gasteiger charge is 2.20. The lowest BCUT2D eigenvalue weighted by atomic mass is 10.0. The first-order chi connectivity index (χ1) is 29.0. The van der Waals surface area contributed by atoms with Gasteiger partial charge in [-0.2, -0.15) is 0 Å². The minimum Gasteiger partial charge on any atom is -0.466 e. The van der Waals surface area contributed by atoms with Crippen LogP contribution in [0.3, 0.4) is 0 Å². The monoisotopic (exact) mass is 836 g/mol. The molecule has 0 aliphatic carbocycles. The Kier molecular flexibility index (Phi) is 48.6. The van der Waals surface area contributed by atoms with Crippen LogP contribution < -0.4 is 5.32 Å². The van der Waals surface area contributed by atoms with Gasteiger partial charge >= 0.3 is 5.97 Å². The fourth-order valence-electron chi connectivity index (χ4n) is 8.52. The maximum Gasteiger partial charge on any atom is 0.305 e. The van der Waals surface area contributed by atoms with Gasteiger partial charge in [0.05, 0.1) is 25.4 Å². The summed E-state index contributed by atoms with van der Waals surface area (Å²) in [5, 5.41) is 23.2. The topological polar surface area (TPSA) is 95.9 Å². The van der Waals surface area contributed by atoms with Crippen LogP contribution in [-0.2, 0) is 14.3 Å². The summed E-state index contributed by atoms with van der Waals surface area (Å²) in [6, 6.07) is -0.544. The SMILES string of the molecule is CCCCCCCCCCCCCCCCC(=O)OCCCCCCCCCCCCCCCCCCC(=O)NC(CO)C(O)CCCCCCCCCCCCCC. The predicted molar refractivity (Wildman–Crippen MR) is 255 cm³/mol. The molecule has 2 unspecified atom stereocenters. The molecule has 0 saturated carbocycles. The van der Waals surface area contributed by atoms with Gasteiger partial charge in [-0.05, 0) is 25.7 Å². The Bertz CT molecular complexity index is 837. The third-order valence-corrected chi connectivity index (χ3v) is 12.7. The Labute approximate surface area is 368 Å². The van der Waals surface area contributed by atoms with Crippen LogP contribution in [0.4, 0.5) is 0 Å². The minimum absolute atomic E-state index is 0.00595. The number of amides is 1. The lowest BCUT2D eigenvalue weighted by Gasteiger charge is -2.22. The standard InChI is InChI=1S/C53H105NO5/c1-3-5-7-9-11-13-15-17-23-27-31-35-39-43-47-53(58)59-48-44-40-36-32-28-24-21-19-18-20-22-26-30-34-38-42-46-52(57)54-50(49-55)51(56)45-41-37-33-29-25-16-14-12-10-8-6-4-2/h50-51,55-56H,3-49H2,1-2H3,(H,54,57). The van der Waals surface area contributed by atoms with Crippen LogP contribution in [0.5, 0.6) is 0 Å². The lowest BCUT2D eigenvalue weighted by Crippen LogP contribution is -2.45. The van der Waals surface area contributed by atoms with Crippen molar-refractivity contribution >= 4 is 11.9 Å². The molecule has 0 fully saturated rings. The zero-order valence-electron chi connectivity index (χ0n) is 40.0. The molecule has 59 heavy (non-hydrogen) atoms. The molecule has 0 aliphatic heterocycles. The highest BCUT2D eigenvalue weighted by molar-refractivity contribution is 5.76. The average Bonchev–Trinajstić information content (AvgIpc) is 3.24. The number of carbonyl (C=O) groups is 2. The first-order valence-electron chi connectivity index (χ1n) is 26.8. The molecule has 0 saturated heterocycles. The van der Waals surface area contributed by atoms with Crippen molar-refractivity contribution in [3.05, 3.63) is 0 Å². The quantitative estimate of drug-likeness (QED) is 0.0419. The van der Waals surface area contributed by atoms with Crippen LogP contribution in [-0.4, -0.2) is 47.4 Å². The zero-order chi connectivity index (χ0) is 43.0. The molecule has 0 spiro atoms. The number of nitrogens with one attached hydrogen (secondary N) is 1. The van der Waals surface area contributed by atoms with Crippen molar-refractivity contribution in [2.24, 2.45) is 0 Å². The number of ether oxygens (including phenoxy) is 1. The van der Waals surface area contributed by atoms with Crippen molar-refractivity contribution < 1.29 is 24.5 Å². The van der Waals surface area contributed by atoms with E-state index in [4.69, 9.17) is 4.74 Å². The Morgan fingerprint density at radius 1 is 0.407 bits per heavy atom. The van der Waals surface area contributed by atoms with Crippen LogP contribution >= 0.6 is 0 Å². The van der Waals surface area contributed by atoms with Gasteiger partial charge in [0, 0.05) is 12.8 Å². The number of hydrogen-bond acceptors (Lipinski definition) is 5. The van der Waals surface area contributed by atoms with E-state index in [9.17, 15) is 19.8 Å². The van der Waals surface area contributed by atoms with Crippen molar-refractivity contribution in [1.29, 1.82) is 0 Å². The third kappa shape index (κ3) is 46.2. The third-order valence-electron chi connectivity index (χ3n) is 12.7. The Hall–Kier alpha value is -1.14. The number of hydrogen-bond donors (Lipinski definition) is 3. The fraction of sp³-hybridized carbons (Fsp3) is 0.962. The van der Waals surface area contributed by atoms with Crippen molar-refractivity contribution in [3.8, 4) is 0 Å². The summed E-state index contributed by atoms with van der Waals surface area (Å²) in [5.41, 5.74) is 0. The van der Waals surface area contributed by atoms with Crippen LogP contribution in [0.2, 0.25) is 0 Å². The number of unbranched alkanes of at least 4 members (excludes halogenated alkanes) is 39. The van der Waals surface area contributed by atoms with Crippen LogP contribution in [0.1, 0.15) is 303 Å². The van der Waals surface area contributed by atoms with Crippen LogP contribution in [0, 0.1) is 0 Å². The lowest BCUT2D eigenvalue weighted by molar-refractivity contribution is -0.143. The van der Waals surface area contributed by atoms with Gasteiger partial charge in [-0.3, -0.25) is 9.59 Å². The van der Waals surface area contributed by atoms with E-state index in [0.717, 1.165) is 38.5 Å². The molecule has 0 bridgehead atoms. The average molecular weight is 836 g/mol. The molecule has 0 rings (SSSR count). The van der Waals surface area contributed by atoms with Gasteiger partial charge in [0.25, 0.3) is 0 Å². The summed E-state index contributed by atoms with van der Waals surface area (Å²) in [6.45, 7) is 4.95. The first-order valence-corrected chi connectivity index (χ1v) is 26.8. The maximum atomic E-state index is 12.4. The van der Waals surface area contributed by atoms with E-state index in [2.05, 4.69) is 19.2 Å². The molecular formula is C53H105NO5. The zero-order valence-corrected chi connectivity index (χ0v) is 40.0. The van der Waals surface area contributed by atoms with E-state index in [1.165, 1.54) is 231 Å². The Morgan fingerprint density at radius 2 is 0.695 bits per heavy atom. The summed E-state index contributed by atoms with van der Waals surface area (Å²) in [7, 11) is 0. The maximum absolute atomic E-state index is 12.4. The van der Waals surface area contributed by atoms with Gasteiger partial charge in [-0.1, -0.05) is 264 Å². The molecule has 6 nitrogen and oxygen atoms in total. The molecule has 0 aliphatic rings. The first kappa shape index (κ1) is 57.9. The largest absolute Gasteiger partial charge is 0.466 e. The second-order valence-corrected chi connectivity index (χ2v) is 18.6. The molecule has 0 aromatic heterocycles. The second-order valence-electron chi connectivity index (χ2n) is 18.6. The Morgan fingerprint density at radius 3 is 1.03 bits per heavy atom. The van der Waals surface area contributed by atoms with Crippen molar-refractivity contribution in [3.63, 3.8) is 0 Å². The van der Waals surface area contributed by atoms with E-state index in [1.54, 1.807) is 0 Å². The summed E-state index contributed by atoms with van der Waals surface area (Å²) in [5.74, 6) is -0.0348. The van der Waals surface area contributed by atoms with Gasteiger partial charge in [-0.25, -0.2) is 0 Å². The van der Waals surface area contributed by atoms with Gasteiger partial charge in [0.2, 0.25) is 5.91 Å². The second kappa shape index (κ2) is 49.5. The molecule has 3 N–H and O–H groups in total. The fourth-order valence-corrected chi connectivity index (χ4v) is 8.52. The highest BCUT2D eigenvalue weighted by Crippen LogP contribution is 2.17. The summed E-state index contributed by atoms with van der Waals surface area (Å²) in [6.07, 6.45) is 55.0. The molecule has 0 aromatic rings. The van der Waals surface area contributed by atoms with Crippen LogP contribution in [0.25, 0.3) is 0 Å². The molecular weight excluding hydrogens is 731 g/mol. The number of esters is 1. The number of aliphatic hydroxyl groups is 2. The van der Waals surface area contributed by atoms with E-state index in [-0.39, 0.29) is 18.5 Å². The van der Waals surface area contributed by atoms with E-state index in [1.807, 2.05) is 0 Å². The highest BCUT2D eigenvalue weighted by atomic mass is 16.5. The Balaban J connectivity index is 3.39. The predicted octanol–water partition coefficient (Wildman–Crippen LogP) is 16.0. The van der Waals surface area contributed by atoms with Gasteiger partial charge in [0.1, 0.15) is 0 Å². The molecule has 6 heteroatoms. The van der Waals surface area contributed by atoms with Crippen molar-refractivity contribution in [2.45, 2.75) is 315 Å². The summed E-state index contributed by atoms with van der Waals surface area (Å²) in [4.78, 5) is 24.5. The summed E-state index contributed by atoms with van der Waals surface area (Å²) < 4.78 is 5.47. The summed E-state index contributed by atoms with van der Waals surface area (Å²) >= 11 is 0. The number of aliphatic hydroxyl groups excluding tert-OH is 2. The minimum atomic E-state index is -0.666. The van der Waals surface area contributed by atoms with Gasteiger partial charge < -0.3 is 20.3 Å². The van der Waals surface area contributed by atoms with Crippen LogP contribution in [0.15, 0.2) is 0 Å². The van der Waals surface area contributed by atoms with E-state index >= 15 is 0 Å². The molecule has 0 heterocycles. The molecule has 2 atom stereocenters. The van der Waals surface area contributed by atoms with E-state index in [0.29, 0.717) is 25.9 Å². The normalized spacial score (nSPS) is 12.5. The number of rotatable bonds is 50. The van der Waals surface area contributed by atoms with E-state index < -0.39 is 12.1 Å². The van der Waals surface area contributed by atoms with Crippen molar-refractivity contribution in [1.82, 2.24) is 5.32 Å². The molecule has 1 amide bonds. The smallest absolute Gasteiger partial charge is 0.305 e. The van der Waals surface area contributed by atoms with Crippen molar-refractivity contribution in [2.75, 3.05) is 13.2 Å². The molecule has 352 valence electrons. The molecule has 0 radical (unpaired) electrons. The number of carbonyl (C=O) groups excluding carboxylic acids is 2. The molecule has 0 aromatic carbocycles.